The third-order valence-corrected chi connectivity index (χ3v) is 2.99. The van der Waals surface area contributed by atoms with E-state index in [4.69, 9.17) is 16.3 Å². The summed E-state index contributed by atoms with van der Waals surface area (Å²) >= 11 is 5.56. The van der Waals surface area contributed by atoms with Crippen molar-refractivity contribution in [2.45, 2.75) is 39.5 Å². The van der Waals surface area contributed by atoms with Crippen molar-refractivity contribution in [1.82, 2.24) is 0 Å². The van der Waals surface area contributed by atoms with E-state index in [1.807, 2.05) is 32.0 Å². The zero-order chi connectivity index (χ0) is 12.7. The molecule has 1 rings (SSSR count). The highest BCUT2D eigenvalue weighted by molar-refractivity contribution is 6.17. The Labute approximate surface area is 108 Å². The largest absolute Gasteiger partial charge is 0.427 e. The summed E-state index contributed by atoms with van der Waals surface area (Å²) in [4.78, 5) is 11.5. The summed E-state index contributed by atoms with van der Waals surface area (Å²) in [7, 11) is 0. The molecule has 0 bridgehead atoms. The number of benzene rings is 1. The lowest BCUT2D eigenvalue weighted by Crippen LogP contribution is -2.07. The number of hydrogen-bond acceptors (Lipinski definition) is 2. The Kier molecular flexibility index (Phi) is 6.06. The monoisotopic (exact) mass is 254 g/mol. The minimum atomic E-state index is -0.164. The fraction of sp³-hybridized carbons (Fsp3) is 0.500. The number of unbranched alkanes of at least 4 members (excludes halogenated alkanes) is 2. The van der Waals surface area contributed by atoms with Gasteiger partial charge in [0.2, 0.25) is 0 Å². The van der Waals surface area contributed by atoms with Crippen molar-refractivity contribution < 1.29 is 9.53 Å². The molecule has 17 heavy (non-hydrogen) atoms. The number of alkyl halides is 1. The van der Waals surface area contributed by atoms with Crippen LogP contribution < -0.4 is 4.74 Å². The second kappa shape index (κ2) is 7.33. The number of hydrogen-bond donors (Lipinski definition) is 0. The van der Waals surface area contributed by atoms with Crippen molar-refractivity contribution in [2.24, 2.45) is 0 Å². The molecule has 94 valence electrons. The smallest absolute Gasteiger partial charge is 0.311 e. The summed E-state index contributed by atoms with van der Waals surface area (Å²) in [6.07, 6.45) is 3.24. The van der Waals surface area contributed by atoms with Crippen molar-refractivity contribution >= 4 is 17.6 Å². The molecule has 0 aromatic heterocycles. The summed E-state index contributed by atoms with van der Waals surface area (Å²) in [5.74, 6) is 1.13. The van der Waals surface area contributed by atoms with Gasteiger partial charge < -0.3 is 4.74 Å². The van der Waals surface area contributed by atoms with Crippen molar-refractivity contribution in [3.8, 4) is 5.75 Å². The van der Waals surface area contributed by atoms with E-state index in [0.29, 0.717) is 18.1 Å². The fourth-order valence-electron chi connectivity index (χ4n) is 1.50. The first-order valence-corrected chi connectivity index (χ1v) is 6.51. The van der Waals surface area contributed by atoms with Gasteiger partial charge in [-0.15, -0.1) is 11.6 Å². The van der Waals surface area contributed by atoms with Crippen LogP contribution in [0.15, 0.2) is 18.2 Å². The molecule has 0 saturated heterocycles. The van der Waals surface area contributed by atoms with Gasteiger partial charge in [0.25, 0.3) is 0 Å². The number of esters is 1. The van der Waals surface area contributed by atoms with Gasteiger partial charge in [-0.05, 0) is 49.9 Å². The van der Waals surface area contributed by atoms with Gasteiger partial charge in [0, 0.05) is 12.3 Å². The lowest BCUT2D eigenvalue weighted by atomic mass is 10.1. The van der Waals surface area contributed by atoms with Crippen LogP contribution in [0.2, 0.25) is 0 Å². The lowest BCUT2D eigenvalue weighted by Gasteiger charge is -2.06. The predicted octanol–water partition coefficient (Wildman–Crippen LogP) is 4.01. The van der Waals surface area contributed by atoms with E-state index < -0.39 is 0 Å². The molecule has 3 heteroatoms. The summed E-state index contributed by atoms with van der Waals surface area (Å²) in [5, 5.41) is 0. The Hall–Kier alpha value is -1.02. The van der Waals surface area contributed by atoms with E-state index in [1.165, 1.54) is 5.56 Å². The number of aryl methyl sites for hydroxylation is 2. The molecule has 2 nitrogen and oxygen atoms in total. The van der Waals surface area contributed by atoms with E-state index in [2.05, 4.69) is 0 Å². The molecule has 0 aliphatic rings. The standard InChI is InChI=1S/C14H19ClO2/c1-11-7-8-13(10-12(11)2)17-14(16)6-4-3-5-9-15/h7-8,10H,3-6,9H2,1-2H3. The number of carbonyl (C=O) groups excluding carboxylic acids is 1. The average molecular weight is 255 g/mol. The van der Waals surface area contributed by atoms with Crippen molar-refractivity contribution in [3.05, 3.63) is 29.3 Å². The van der Waals surface area contributed by atoms with Gasteiger partial charge in [-0.2, -0.15) is 0 Å². The summed E-state index contributed by atoms with van der Waals surface area (Å²) in [6.45, 7) is 4.04. The Morgan fingerprint density at radius 3 is 2.59 bits per heavy atom. The summed E-state index contributed by atoms with van der Waals surface area (Å²) in [5.41, 5.74) is 2.34. The molecule has 0 N–H and O–H groups in total. The molecule has 0 amide bonds. The predicted molar refractivity (Wildman–Crippen MR) is 70.7 cm³/mol. The third-order valence-electron chi connectivity index (χ3n) is 2.72. The van der Waals surface area contributed by atoms with E-state index in [0.717, 1.165) is 24.8 Å². The maximum Gasteiger partial charge on any atom is 0.311 e. The van der Waals surface area contributed by atoms with Gasteiger partial charge in [-0.1, -0.05) is 12.5 Å². The molecule has 0 fully saturated rings. The van der Waals surface area contributed by atoms with Crippen LogP contribution in [0.5, 0.6) is 5.75 Å². The Bertz CT molecular complexity index is 374. The molecule has 1 aromatic rings. The molecule has 1 aromatic carbocycles. The molecular formula is C14H19ClO2. The van der Waals surface area contributed by atoms with Crippen LogP contribution in [0.25, 0.3) is 0 Å². The van der Waals surface area contributed by atoms with Crippen molar-refractivity contribution in [3.63, 3.8) is 0 Å². The average Bonchev–Trinajstić information content (AvgIpc) is 2.30. The quantitative estimate of drug-likeness (QED) is 0.332. The second-order valence-electron chi connectivity index (χ2n) is 4.22. The van der Waals surface area contributed by atoms with E-state index in [-0.39, 0.29) is 5.97 Å². The van der Waals surface area contributed by atoms with Gasteiger partial charge >= 0.3 is 5.97 Å². The van der Waals surface area contributed by atoms with Crippen molar-refractivity contribution in [2.75, 3.05) is 5.88 Å². The summed E-state index contributed by atoms with van der Waals surface area (Å²) in [6, 6.07) is 5.69. The number of carbonyl (C=O) groups is 1. The minimum Gasteiger partial charge on any atom is -0.427 e. The van der Waals surface area contributed by atoms with Gasteiger partial charge in [0.05, 0.1) is 0 Å². The SMILES string of the molecule is Cc1ccc(OC(=O)CCCCCCl)cc1C. The molecule has 0 aliphatic carbocycles. The molecule has 0 unspecified atom stereocenters. The lowest BCUT2D eigenvalue weighted by molar-refractivity contribution is -0.134. The molecule has 0 aliphatic heterocycles. The summed E-state index contributed by atoms with van der Waals surface area (Å²) < 4.78 is 5.26. The first kappa shape index (κ1) is 14.0. The highest BCUT2D eigenvalue weighted by Crippen LogP contribution is 2.17. The zero-order valence-electron chi connectivity index (χ0n) is 10.5. The normalized spacial score (nSPS) is 10.3. The van der Waals surface area contributed by atoms with Crippen LogP contribution in [0.1, 0.15) is 36.8 Å². The van der Waals surface area contributed by atoms with Crippen LogP contribution in [0, 0.1) is 13.8 Å². The number of rotatable bonds is 6. The Morgan fingerprint density at radius 1 is 1.18 bits per heavy atom. The van der Waals surface area contributed by atoms with Gasteiger partial charge in [0.15, 0.2) is 0 Å². The van der Waals surface area contributed by atoms with E-state index >= 15 is 0 Å². The topological polar surface area (TPSA) is 26.3 Å². The maximum absolute atomic E-state index is 11.5. The van der Waals surface area contributed by atoms with Gasteiger partial charge in [-0.3, -0.25) is 4.79 Å². The van der Waals surface area contributed by atoms with Crippen LogP contribution >= 0.6 is 11.6 Å². The first-order chi connectivity index (χ1) is 8.13. The van der Waals surface area contributed by atoms with Crippen LogP contribution in [0.4, 0.5) is 0 Å². The molecule has 0 radical (unpaired) electrons. The van der Waals surface area contributed by atoms with Crippen molar-refractivity contribution in [1.29, 1.82) is 0 Å². The van der Waals surface area contributed by atoms with Crippen LogP contribution in [0.3, 0.4) is 0 Å². The van der Waals surface area contributed by atoms with E-state index in [9.17, 15) is 4.79 Å². The zero-order valence-corrected chi connectivity index (χ0v) is 11.2. The molecule has 0 heterocycles. The van der Waals surface area contributed by atoms with Crippen LogP contribution in [-0.2, 0) is 4.79 Å². The van der Waals surface area contributed by atoms with Crippen LogP contribution in [-0.4, -0.2) is 11.8 Å². The van der Waals surface area contributed by atoms with Gasteiger partial charge in [-0.25, -0.2) is 0 Å². The number of ether oxygens (including phenoxy) is 1. The Morgan fingerprint density at radius 2 is 1.94 bits per heavy atom. The highest BCUT2D eigenvalue weighted by Gasteiger charge is 2.05. The van der Waals surface area contributed by atoms with Gasteiger partial charge in [0.1, 0.15) is 5.75 Å². The second-order valence-corrected chi connectivity index (χ2v) is 4.60. The third kappa shape index (κ3) is 5.22. The molecule has 0 saturated carbocycles. The highest BCUT2D eigenvalue weighted by atomic mass is 35.5. The molecule has 0 spiro atoms. The minimum absolute atomic E-state index is 0.164. The molecule has 0 atom stereocenters. The Balaban J connectivity index is 2.37. The number of halogens is 1. The van der Waals surface area contributed by atoms with E-state index in [1.54, 1.807) is 0 Å². The fourth-order valence-corrected chi connectivity index (χ4v) is 1.69. The maximum atomic E-state index is 11.5. The first-order valence-electron chi connectivity index (χ1n) is 5.97. The molecular weight excluding hydrogens is 236 g/mol.